The van der Waals surface area contributed by atoms with Gasteiger partial charge in [0, 0.05) is 38.7 Å². The van der Waals surface area contributed by atoms with E-state index in [0.717, 1.165) is 38.5 Å². The average molecular weight is 385 g/mol. The second kappa shape index (κ2) is 10.7. The zero-order chi connectivity index (χ0) is 20.5. The highest BCUT2D eigenvalue weighted by atomic mass is 16.6. The molecule has 2 unspecified atom stereocenters. The van der Waals surface area contributed by atoms with E-state index < -0.39 is 11.7 Å². The fourth-order valence-electron chi connectivity index (χ4n) is 3.20. The Kier molecular flexibility index (Phi) is 9.36. The molecule has 1 saturated heterocycles. The SMILES string of the molecule is CCNC(=NCC1CCCOC1C(C)(C)C)NCCNC(=O)OC(C)(C)C. The van der Waals surface area contributed by atoms with Crippen molar-refractivity contribution in [3.05, 3.63) is 0 Å². The van der Waals surface area contributed by atoms with E-state index in [9.17, 15) is 4.79 Å². The molecule has 0 aliphatic carbocycles. The van der Waals surface area contributed by atoms with Gasteiger partial charge in [-0.1, -0.05) is 20.8 Å². The molecule has 0 spiro atoms. The molecule has 0 aromatic rings. The van der Waals surface area contributed by atoms with Crippen molar-refractivity contribution in [3.8, 4) is 0 Å². The minimum Gasteiger partial charge on any atom is -0.444 e. The van der Waals surface area contributed by atoms with Crippen molar-refractivity contribution < 1.29 is 14.3 Å². The molecule has 7 heteroatoms. The van der Waals surface area contributed by atoms with Gasteiger partial charge in [-0.25, -0.2) is 4.79 Å². The first-order valence-electron chi connectivity index (χ1n) is 10.1. The highest BCUT2D eigenvalue weighted by Crippen LogP contribution is 2.34. The summed E-state index contributed by atoms with van der Waals surface area (Å²) in [5.41, 5.74) is -0.372. The van der Waals surface area contributed by atoms with Crippen LogP contribution in [0.2, 0.25) is 0 Å². The van der Waals surface area contributed by atoms with Gasteiger partial charge in [0.1, 0.15) is 5.60 Å². The van der Waals surface area contributed by atoms with Crippen LogP contribution < -0.4 is 16.0 Å². The van der Waals surface area contributed by atoms with Crippen molar-refractivity contribution in [1.82, 2.24) is 16.0 Å². The lowest BCUT2D eigenvalue weighted by atomic mass is 9.78. The number of ether oxygens (including phenoxy) is 2. The maximum absolute atomic E-state index is 11.7. The molecule has 1 aliphatic rings. The summed E-state index contributed by atoms with van der Waals surface area (Å²) in [4.78, 5) is 16.4. The highest BCUT2D eigenvalue weighted by Gasteiger charge is 2.35. The summed E-state index contributed by atoms with van der Waals surface area (Å²) < 4.78 is 11.3. The third-order valence-corrected chi connectivity index (χ3v) is 4.21. The molecule has 1 rings (SSSR count). The number of nitrogens with zero attached hydrogens (tertiary/aromatic N) is 1. The lowest BCUT2D eigenvalue weighted by Crippen LogP contribution is -2.44. The molecular weight excluding hydrogens is 344 g/mol. The Morgan fingerprint density at radius 1 is 1.11 bits per heavy atom. The van der Waals surface area contributed by atoms with E-state index >= 15 is 0 Å². The van der Waals surface area contributed by atoms with Gasteiger partial charge in [0.2, 0.25) is 0 Å². The number of carbonyl (C=O) groups excluding carboxylic acids is 1. The summed E-state index contributed by atoms with van der Waals surface area (Å²) in [7, 11) is 0. The summed E-state index contributed by atoms with van der Waals surface area (Å²) in [6.07, 6.45) is 2.06. The normalized spacial score (nSPS) is 21.5. The maximum atomic E-state index is 11.7. The quantitative estimate of drug-likeness (QED) is 0.372. The van der Waals surface area contributed by atoms with Crippen molar-refractivity contribution in [1.29, 1.82) is 0 Å². The van der Waals surface area contributed by atoms with Gasteiger partial charge in [-0.2, -0.15) is 0 Å². The number of amides is 1. The Bertz CT molecular complexity index is 481. The van der Waals surface area contributed by atoms with Gasteiger partial charge in [-0.3, -0.25) is 4.99 Å². The molecule has 0 aromatic carbocycles. The minimum absolute atomic E-state index is 0.115. The molecule has 0 radical (unpaired) electrons. The summed E-state index contributed by atoms with van der Waals surface area (Å²) in [6.45, 7) is 17.7. The minimum atomic E-state index is -0.487. The molecule has 0 aromatic heterocycles. The van der Waals surface area contributed by atoms with Crippen molar-refractivity contribution in [2.75, 3.05) is 32.8 Å². The molecule has 0 bridgehead atoms. The van der Waals surface area contributed by atoms with E-state index in [1.54, 1.807) is 0 Å². The average Bonchev–Trinajstić information content (AvgIpc) is 2.54. The fourth-order valence-corrected chi connectivity index (χ4v) is 3.20. The van der Waals surface area contributed by atoms with Crippen LogP contribution in [0.15, 0.2) is 4.99 Å². The molecule has 1 fully saturated rings. The summed E-state index contributed by atoms with van der Waals surface area (Å²) in [5, 5.41) is 9.26. The van der Waals surface area contributed by atoms with Crippen LogP contribution in [0, 0.1) is 11.3 Å². The topological polar surface area (TPSA) is 84.0 Å². The first-order chi connectivity index (χ1) is 12.5. The number of hydrogen-bond donors (Lipinski definition) is 3. The second-order valence-corrected chi connectivity index (χ2v) is 9.13. The summed E-state index contributed by atoms with van der Waals surface area (Å²) >= 11 is 0. The zero-order valence-electron chi connectivity index (χ0n) is 18.3. The lowest BCUT2D eigenvalue weighted by molar-refractivity contribution is -0.0823. The number of carbonyl (C=O) groups is 1. The van der Waals surface area contributed by atoms with Crippen molar-refractivity contribution in [2.24, 2.45) is 16.3 Å². The molecule has 27 heavy (non-hydrogen) atoms. The highest BCUT2D eigenvalue weighted by molar-refractivity contribution is 5.79. The molecule has 3 N–H and O–H groups in total. The van der Waals surface area contributed by atoms with E-state index in [2.05, 4.69) is 36.7 Å². The third kappa shape index (κ3) is 9.84. The number of nitrogens with one attached hydrogen (secondary N) is 3. The number of hydrogen-bond acceptors (Lipinski definition) is 4. The van der Waals surface area contributed by atoms with Crippen LogP contribution in [0.3, 0.4) is 0 Å². The first-order valence-corrected chi connectivity index (χ1v) is 10.1. The largest absolute Gasteiger partial charge is 0.444 e. The van der Waals surface area contributed by atoms with Crippen molar-refractivity contribution in [2.45, 2.75) is 73.0 Å². The molecular formula is C20H40N4O3. The van der Waals surface area contributed by atoms with E-state index in [-0.39, 0.29) is 11.5 Å². The van der Waals surface area contributed by atoms with E-state index in [0.29, 0.717) is 19.0 Å². The molecule has 1 aliphatic heterocycles. The molecule has 1 amide bonds. The number of alkyl carbamates (subject to hydrolysis) is 1. The van der Waals surface area contributed by atoms with Gasteiger partial charge in [0.05, 0.1) is 6.10 Å². The Balaban J connectivity index is 2.48. The van der Waals surface area contributed by atoms with E-state index in [4.69, 9.17) is 14.5 Å². The van der Waals surface area contributed by atoms with Crippen molar-refractivity contribution >= 4 is 12.1 Å². The Morgan fingerprint density at radius 3 is 2.37 bits per heavy atom. The molecule has 7 nitrogen and oxygen atoms in total. The smallest absolute Gasteiger partial charge is 0.407 e. The molecule has 0 saturated carbocycles. The molecule has 1 heterocycles. The monoisotopic (exact) mass is 384 g/mol. The predicted molar refractivity (Wildman–Crippen MR) is 110 cm³/mol. The Morgan fingerprint density at radius 2 is 1.78 bits per heavy atom. The number of aliphatic imine (C=N–C) groups is 1. The second-order valence-electron chi connectivity index (χ2n) is 9.13. The van der Waals surface area contributed by atoms with Crippen LogP contribution in [0.5, 0.6) is 0 Å². The predicted octanol–water partition coefficient (Wildman–Crippen LogP) is 2.91. The van der Waals surface area contributed by atoms with Crippen LogP contribution in [0.25, 0.3) is 0 Å². The van der Waals surface area contributed by atoms with Gasteiger partial charge < -0.3 is 25.4 Å². The van der Waals surface area contributed by atoms with E-state index in [1.807, 2.05) is 27.7 Å². The Hall–Kier alpha value is -1.50. The van der Waals surface area contributed by atoms with Crippen LogP contribution >= 0.6 is 0 Å². The fraction of sp³-hybridized carbons (Fsp3) is 0.900. The van der Waals surface area contributed by atoms with Crippen LogP contribution in [-0.2, 0) is 9.47 Å². The lowest BCUT2D eigenvalue weighted by Gasteiger charge is -2.39. The van der Waals surface area contributed by atoms with Crippen LogP contribution in [0.1, 0.15) is 61.3 Å². The van der Waals surface area contributed by atoms with Gasteiger partial charge in [0.15, 0.2) is 5.96 Å². The van der Waals surface area contributed by atoms with Crippen molar-refractivity contribution in [3.63, 3.8) is 0 Å². The standard InChI is InChI=1S/C20H40N4O3/c1-8-21-17(22-11-12-23-18(25)27-20(5,6)7)24-14-15-10-9-13-26-16(15)19(2,3)4/h15-16H,8-14H2,1-7H3,(H,23,25)(H2,21,22,24). The summed E-state index contributed by atoms with van der Waals surface area (Å²) in [6, 6.07) is 0. The number of rotatable bonds is 6. The van der Waals surface area contributed by atoms with Crippen LogP contribution in [-0.4, -0.2) is 56.5 Å². The third-order valence-electron chi connectivity index (χ3n) is 4.21. The zero-order valence-corrected chi connectivity index (χ0v) is 18.3. The van der Waals surface area contributed by atoms with Gasteiger partial charge in [-0.05, 0) is 46.0 Å². The summed E-state index contributed by atoms with van der Waals surface area (Å²) in [5.74, 6) is 1.19. The molecule has 158 valence electrons. The first kappa shape index (κ1) is 23.5. The van der Waals surface area contributed by atoms with E-state index in [1.165, 1.54) is 0 Å². The van der Waals surface area contributed by atoms with Crippen LogP contribution in [0.4, 0.5) is 4.79 Å². The number of guanidine groups is 1. The molecule has 2 atom stereocenters. The van der Waals surface area contributed by atoms with Gasteiger partial charge >= 0.3 is 6.09 Å². The van der Waals surface area contributed by atoms with Gasteiger partial charge in [-0.15, -0.1) is 0 Å². The maximum Gasteiger partial charge on any atom is 0.407 e. The Labute approximate surface area is 165 Å². The van der Waals surface area contributed by atoms with Gasteiger partial charge in [0.25, 0.3) is 0 Å².